The van der Waals surface area contributed by atoms with Gasteiger partial charge in [0.05, 0.1) is 0 Å². The van der Waals surface area contributed by atoms with Gasteiger partial charge in [-0.15, -0.1) is 0 Å². The molecule has 0 unspecified atom stereocenters. The Balaban J connectivity index is 4.61. The molecule has 0 aliphatic carbocycles. The highest BCUT2D eigenvalue weighted by Crippen LogP contribution is 2.21. The minimum Gasteiger partial charge on any atom is -0.0988 e. The summed E-state index contributed by atoms with van der Waals surface area (Å²) in [6.45, 7) is 14.3. The van der Waals surface area contributed by atoms with Crippen molar-refractivity contribution in [3.05, 3.63) is 36.0 Å². The molecule has 0 nitrogen and oxygen atoms in total. The monoisotopic (exact) mass is 178 g/mol. The molecule has 0 aliphatic heterocycles. The van der Waals surface area contributed by atoms with E-state index in [4.69, 9.17) is 0 Å². The molecule has 0 N–H and O–H groups in total. The maximum atomic E-state index is 4.00. The lowest BCUT2D eigenvalue weighted by molar-refractivity contribution is 0.789. The van der Waals surface area contributed by atoms with Crippen LogP contribution in [0.15, 0.2) is 36.0 Å². The molecule has 0 fully saturated rings. The van der Waals surface area contributed by atoms with Gasteiger partial charge in [-0.1, -0.05) is 45.1 Å². The van der Waals surface area contributed by atoms with Crippen LogP contribution < -0.4 is 0 Å². The molecule has 13 heavy (non-hydrogen) atoms. The lowest BCUT2D eigenvalue weighted by atomic mass is 9.96. The summed E-state index contributed by atoms with van der Waals surface area (Å²) in [5, 5.41) is 0. The van der Waals surface area contributed by atoms with Gasteiger partial charge in [-0.3, -0.25) is 0 Å². The van der Waals surface area contributed by atoms with Crippen LogP contribution in [0.5, 0.6) is 0 Å². The Kier molecular flexibility index (Phi) is 6.30. The van der Waals surface area contributed by atoms with E-state index in [-0.39, 0.29) is 0 Å². The molecule has 0 bridgehead atoms. The third-order valence-electron chi connectivity index (χ3n) is 2.30. The molecular weight excluding hydrogens is 156 g/mol. The van der Waals surface area contributed by atoms with Crippen LogP contribution in [0.3, 0.4) is 0 Å². The van der Waals surface area contributed by atoms with E-state index < -0.39 is 0 Å². The predicted octanol–water partition coefficient (Wildman–Crippen LogP) is 4.65. The minimum atomic E-state index is 1.07. The van der Waals surface area contributed by atoms with Crippen molar-refractivity contribution in [2.24, 2.45) is 0 Å². The third kappa shape index (κ3) is 4.12. The van der Waals surface area contributed by atoms with Gasteiger partial charge in [0.15, 0.2) is 0 Å². The maximum Gasteiger partial charge on any atom is -0.0276 e. The second-order valence-corrected chi connectivity index (χ2v) is 3.45. The summed E-state index contributed by atoms with van der Waals surface area (Å²) < 4.78 is 0. The van der Waals surface area contributed by atoms with Crippen molar-refractivity contribution in [2.75, 3.05) is 0 Å². The Labute approximate surface area is 83.0 Å². The van der Waals surface area contributed by atoms with Crippen LogP contribution in [0.2, 0.25) is 0 Å². The van der Waals surface area contributed by atoms with Gasteiger partial charge in [-0.05, 0) is 37.3 Å². The first-order valence-corrected chi connectivity index (χ1v) is 5.17. The number of hydrogen-bond donors (Lipinski definition) is 0. The zero-order valence-corrected chi connectivity index (χ0v) is 9.32. The molecule has 0 spiro atoms. The van der Waals surface area contributed by atoms with Gasteiger partial charge >= 0.3 is 0 Å². The molecule has 0 heterocycles. The van der Waals surface area contributed by atoms with Crippen LogP contribution >= 0.6 is 0 Å². The summed E-state index contributed by atoms with van der Waals surface area (Å²) in [5.41, 5.74) is 3.97. The van der Waals surface area contributed by atoms with E-state index in [0.717, 1.165) is 12.8 Å². The molecule has 0 amide bonds. The lowest BCUT2D eigenvalue weighted by Crippen LogP contribution is -1.90. The summed E-state index contributed by atoms with van der Waals surface area (Å²) >= 11 is 0. The zero-order chi connectivity index (χ0) is 10.3. The van der Waals surface area contributed by atoms with Crippen LogP contribution in [-0.2, 0) is 0 Å². The summed E-state index contributed by atoms with van der Waals surface area (Å²) in [5.74, 6) is 0. The topological polar surface area (TPSA) is 0 Å². The second kappa shape index (κ2) is 6.71. The van der Waals surface area contributed by atoms with Gasteiger partial charge in [-0.25, -0.2) is 0 Å². The first kappa shape index (κ1) is 12.2. The highest BCUT2D eigenvalue weighted by Gasteiger charge is 2.01. The number of allylic oxidation sites excluding steroid dienone is 4. The highest BCUT2D eigenvalue weighted by atomic mass is 14.1. The van der Waals surface area contributed by atoms with Crippen LogP contribution in [0.1, 0.15) is 46.5 Å². The molecule has 0 saturated carbocycles. The molecule has 0 radical (unpaired) electrons. The van der Waals surface area contributed by atoms with Crippen molar-refractivity contribution >= 4 is 0 Å². The van der Waals surface area contributed by atoms with Gasteiger partial charge in [0.1, 0.15) is 0 Å². The van der Waals surface area contributed by atoms with Gasteiger partial charge in [0, 0.05) is 0 Å². The first-order valence-electron chi connectivity index (χ1n) is 5.17. The molecule has 0 atom stereocenters. The van der Waals surface area contributed by atoms with Crippen LogP contribution in [0.4, 0.5) is 0 Å². The lowest BCUT2D eigenvalue weighted by Gasteiger charge is -2.10. The van der Waals surface area contributed by atoms with Crippen molar-refractivity contribution < 1.29 is 0 Å². The number of unbranched alkanes of at least 4 members (excludes halogenated alkanes) is 1. The van der Waals surface area contributed by atoms with Crippen LogP contribution in [-0.4, -0.2) is 0 Å². The largest absolute Gasteiger partial charge is 0.0988 e. The molecule has 0 aromatic rings. The molecular formula is C13H22. The average Bonchev–Trinajstić information content (AvgIpc) is 2.11. The van der Waals surface area contributed by atoms with Gasteiger partial charge in [0.25, 0.3) is 0 Å². The van der Waals surface area contributed by atoms with E-state index in [0.29, 0.717) is 0 Å². The molecule has 0 aromatic heterocycles. The highest BCUT2D eigenvalue weighted by molar-refractivity contribution is 5.36. The molecule has 0 aliphatic rings. The van der Waals surface area contributed by atoms with E-state index >= 15 is 0 Å². The van der Waals surface area contributed by atoms with E-state index in [2.05, 4.69) is 33.9 Å². The normalized spacial score (nSPS) is 12.2. The fraction of sp³-hybridized carbons (Fsp3) is 0.538. The fourth-order valence-corrected chi connectivity index (χ4v) is 1.55. The Bertz CT molecular complexity index is 206. The van der Waals surface area contributed by atoms with Crippen molar-refractivity contribution in [3.8, 4) is 0 Å². The third-order valence-corrected chi connectivity index (χ3v) is 2.30. The SMILES string of the molecule is C=C/C(CCCC)=C(/CC)C(=C)C. The van der Waals surface area contributed by atoms with E-state index in [1.165, 1.54) is 29.6 Å². The Morgan fingerprint density at radius 1 is 1.31 bits per heavy atom. The first-order chi connectivity index (χ1) is 6.17. The average molecular weight is 178 g/mol. The standard InChI is InChI=1S/C13H22/c1-6-9-10-12(7-2)13(8-3)11(4)5/h7H,2,4,6,8-10H2,1,3,5H3/b13-12+. The molecule has 74 valence electrons. The molecule has 0 heteroatoms. The van der Waals surface area contributed by atoms with E-state index in [9.17, 15) is 0 Å². The van der Waals surface area contributed by atoms with Crippen molar-refractivity contribution in [1.82, 2.24) is 0 Å². The van der Waals surface area contributed by atoms with Crippen molar-refractivity contribution in [1.29, 1.82) is 0 Å². The smallest absolute Gasteiger partial charge is 0.0276 e. The Morgan fingerprint density at radius 3 is 2.23 bits per heavy atom. The molecule has 0 rings (SSSR count). The van der Waals surface area contributed by atoms with Crippen molar-refractivity contribution in [2.45, 2.75) is 46.5 Å². The van der Waals surface area contributed by atoms with E-state index in [1.54, 1.807) is 0 Å². The second-order valence-electron chi connectivity index (χ2n) is 3.45. The number of rotatable bonds is 6. The Hall–Kier alpha value is -0.780. The van der Waals surface area contributed by atoms with E-state index in [1.807, 2.05) is 6.08 Å². The Morgan fingerprint density at radius 2 is 1.92 bits per heavy atom. The summed E-state index contributed by atoms with van der Waals surface area (Å²) in [7, 11) is 0. The minimum absolute atomic E-state index is 1.07. The summed E-state index contributed by atoms with van der Waals surface area (Å²) in [4.78, 5) is 0. The fourth-order valence-electron chi connectivity index (χ4n) is 1.55. The van der Waals surface area contributed by atoms with Crippen LogP contribution in [0.25, 0.3) is 0 Å². The predicted molar refractivity (Wildman–Crippen MR) is 61.9 cm³/mol. The maximum absolute atomic E-state index is 4.00. The summed E-state index contributed by atoms with van der Waals surface area (Å²) in [6.07, 6.45) is 6.70. The molecule has 0 aromatic carbocycles. The quantitative estimate of drug-likeness (QED) is 0.519. The summed E-state index contributed by atoms with van der Waals surface area (Å²) in [6, 6.07) is 0. The number of hydrogen-bond acceptors (Lipinski definition) is 0. The molecule has 0 saturated heterocycles. The van der Waals surface area contributed by atoms with Crippen LogP contribution in [0, 0.1) is 0 Å². The van der Waals surface area contributed by atoms with Gasteiger partial charge in [0.2, 0.25) is 0 Å². The van der Waals surface area contributed by atoms with Crippen molar-refractivity contribution in [3.63, 3.8) is 0 Å². The van der Waals surface area contributed by atoms with Gasteiger partial charge in [-0.2, -0.15) is 0 Å². The zero-order valence-electron chi connectivity index (χ0n) is 9.32. The van der Waals surface area contributed by atoms with Gasteiger partial charge < -0.3 is 0 Å².